The van der Waals surface area contributed by atoms with Gasteiger partial charge in [0.05, 0.1) is 18.3 Å². The summed E-state index contributed by atoms with van der Waals surface area (Å²) in [5.74, 6) is -1.33. The smallest absolute Gasteiger partial charge is 0.0900 e. The van der Waals surface area contributed by atoms with Gasteiger partial charge in [-0.15, -0.1) is 0 Å². The molecule has 1 heterocycles. The molecule has 0 aliphatic rings. The van der Waals surface area contributed by atoms with E-state index in [1.807, 2.05) is 0 Å². The minimum atomic E-state index is -1.33. The zero-order valence-electron chi connectivity index (χ0n) is 5.65. The first-order valence-corrected chi connectivity index (χ1v) is 3.01. The van der Waals surface area contributed by atoms with Crippen molar-refractivity contribution in [3.63, 3.8) is 0 Å². The molecular weight excluding hydrogens is 146 g/mol. The van der Waals surface area contributed by atoms with Gasteiger partial charge in [-0.1, -0.05) is 0 Å². The van der Waals surface area contributed by atoms with E-state index in [9.17, 15) is 9.90 Å². The maximum atomic E-state index is 10.2. The Balaban J connectivity index is 3.01. The summed E-state index contributed by atoms with van der Waals surface area (Å²) >= 11 is 0. The van der Waals surface area contributed by atoms with Crippen LogP contribution in [0.3, 0.4) is 0 Å². The number of pyridine rings is 1. The first-order chi connectivity index (χ1) is 5.24. The lowest BCUT2D eigenvalue weighted by molar-refractivity contribution is -0.255. The Kier molecular flexibility index (Phi) is 2.18. The SMILES string of the molecule is O=C([O-])c1cc(CO)ccn1. The molecule has 0 aliphatic heterocycles. The van der Waals surface area contributed by atoms with Crippen molar-refractivity contribution in [2.45, 2.75) is 6.61 Å². The summed E-state index contributed by atoms with van der Waals surface area (Å²) in [6, 6.07) is 2.81. The summed E-state index contributed by atoms with van der Waals surface area (Å²) < 4.78 is 0. The molecule has 58 valence electrons. The van der Waals surface area contributed by atoms with Crippen LogP contribution in [0.25, 0.3) is 0 Å². The number of carbonyl (C=O) groups excluding carboxylic acids is 1. The molecule has 4 nitrogen and oxygen atoms in total. The number of hydrogen-bond acceptors (Lipinski definition) is 4. The van der Waals surface area contributed by atoms with Crippen LogP contribution in [0.15, 0.2) is 18.3 Å². The average molecular weight is 152 g/mol. The van der Waals surface area contributed by atoms with Gasteiger partial charge >= 0.3 is 0 Å². The molecule has 11 heavy (non-hydrogen) atoms. The summed E-state index contributed by atoms with van der Waals surface area (Å²) in [5.41, 5.74) is 0.357. The molecule has 0 aromatic carbocycles. The molecule has 0 atom stereocenters. The summed E-state index contributed by atoms with van der Waals surface area (Å²) in [6.07, 6.45) is 1.32. The number of rotatable bonds is 2. The lowest BCUT2D eigenvalue weighted by atomic mass is 10.2. The average Bonchev–Trinajstić information content (AvgIpc) is 2.05. The van der Waals surface area contributed by atoms with E-state index in [2.05, 4.69) is 4.98 Å². The van der Waals surface area contributed by atoms with Gasteiger partial charge < -0.3 is 15.0 Å². The van der Waals surface area contributed by atoms with Crippen LogP contribution in [-0.4, -0.2) is 16.1 Å². The molecule has 0 amide bonds. The summed E-state index contributed by atoms with van der Waals surface area (Å²) in [5, 5.41) is 18.8. The van der Waals surface area contributed by atoms with Crippen LogP contribution in [0.4, 0.5) is 0 Å². The van der Waals surface area contributed by atoms with Crippen molar-refractivity contribution in [2.75, 3.05) is 0 Å². The quantitative estimate of drug-likeness (QED) is 0.586. The Morgan fingerprint density at radius 1 is 1.73 bits per heavy atom. The predicted molar refractivity (Wildman–Crippen MR) is 34.5 cm³/mol. The second kappa shape index (κ2) is 3.12. The molecule has 0 saturated carbocycles. The van der Waals surface area contributed by atoms with Crippen molar-refractivity contribution < 1.29 is 15.0 Å². The first-order valence-electron chi connectivity index (χ1n) is 3.01. The van der Waals surface area contributed by atoms with E-state index in [1.165, 1.54) is 18.3 Å². The Bertz CT molecular complexity index is 272. The van der Waals surface area contributed by atoms with Gasteiger partial charge in [0.25, 0.3) is 0 Å². The highest BCUT2D eigenvalue weighted by Gasteiger charge is 1.95. The van der Waals surface area contributed by atoms with E-state index in [4.69, 9.17) is 5.11 Å². The molecule has 0 bridgehead atoms. The van der Waals surface area contributed by atoms with Crippen LogP contribution >= 0.6 is 0 Å². The Labute approximate surface area is 63.1 Å². The second-order valence-corrected chi connectivity index (χ2v) is 1.99. The van der Waals surface area contributed by atoms with Crippen molar-refractivity contribution in [1.29, 1.82) is 0 Å². The Hall–Kier alpha value is -1.42. The normalized spacial score (nSPS) is 9.55. The van der Waals surface area contributed by atoms with Crippen molar-refractivity contribution in [2.24, 2.45) is 0 Å². The third-order valence-electron chi connectivity index (χ3n) is 1.22. The maximum Gasteiger partial charge on any atom is 0.0900 e. The monoisotopic (exact) mass is 152 g/mol. The zero-order chi connectivity index (χ0) is 8.27. The molecular formula is C7H6NO3-. The summed E-state index contributed by atoms with van der Waals surface area (Å²) in [4.78, 5) is 13.7. The van der Waals surface area contributed by atoms with Crippen molar-refractivity contribution in [3.8, 4) is 0 Å². The number of carboxylic acids is 1. The van der Waals surface area contributed by atoms with E-state index in [-0.39, 0.29) is 12.3 Å². The Morgan fingerprint density at radius 2 is 2.45 bits per heavy atom. The number of carboxylic acid groups (broad SMARTS) is 1. The maximum absolute atomic E-state index is 10.2. The number of carbonyl (C=O) groups is 1. The highest BCUT2D eigenvalue weighted by molar-refractivity contribution is 5.83. The fourth-order valence-corrected chi connectivity index (χ4v) is 0.684. The van der Waals surface area contributed by atoms with Crippen molar-refractivity contribution in [1.82, 2.24) is 4.98 Å². The number of aliphatic hydroxyl groups excluding tert-OH is 1. The molecule has 0 saturated heterocycles. The van der Waals surface area contributed by atoms with Gasteiger partial charge in [0.2, 0.25) is 0 Å². The van der Waals surface area contributed by atoms with Crippen molar-refractivity contribution >= 4 is 5.97 Å². The number of aromatic nitrogens is 1. The third-order valence-corrected chi connectivity index (χ3v) is 1.22. The van der Waals surface area contributed by atoms with Crippen LogP contribution in [0.2, 0.25) is 0 Å². The van der Waals surface area contributed by atoms with Gasteiger partial charge in [-0.05, 0) is 17.7 Å². The fraction of sp³-hybridized carbons (Fsp3) is 0.143. The first kappa shape index (κ1) is 7.68. The van der Waals surface area contributed by atoms with Crippen molar-refractivity contribution in [3.05, 3.63) is 29.6 Å². The second-order valence-electron chi connectivity index (χ2n) is 1.99. The van der Waals surface area contributed by atoms with E-state index >= 15 is 0 Å². The molecule has 0 unspecified atom stereocenters. The molecule has 0 spiro atoms. The van der Waals surface area contributed by atoms with Gasteiger partial charge in [-0.2, -0.15) is 0 Å². The van der Waals surface area contributed by atoms with Gasteiger partial charge in [0.15, 0.2) is 0 Å². The van der Waals surface area contributed by atoms with Crippen LogP contribution in [0.1, 0.15) is 16.1 Å². The molecule has 1 N–H and O–H groups in total. The minimum Gasteiger partial charge on any atom is -0.543 e. The van der Waals surface area contributed by atoms with E-state index < -0.39 is 5.97 Å². The summed E-state index contributed by atoms with van der Waals surface area (Å²) in [6.45, 7) is -0.192. The topological polar surface area (TPSA) is 73.2 Å². The zero-order valence-corrected chi connectivity index (χ0v) is 5.65. The number of nitrogens with zero attached hydrogens (tertiary/aromatic N) is 1. The molecule has 1 aromatic rings. The molecule has 0 aliphatic carbocycles. The van der Waals surface area contributed by atoms with Gasteiger partial charge in [-0.3, -0.25) is 4.98 Å². The molecule has 1 rings (SSSR count). The molecule has 0 radical (unpaired) electrons. The minimum absolute atomic E-state index is 0.156. The van der Waals surface area contributed by atoms with E-state index in [0.29, 0.717) is 5.56 Å². The van der Waals surface area contributed by atoms with Crippen LogP contribution in [0, 0.1) is 0 Å². The van der Waals surface area contributed by atoms with Gasteiger partial charge in [0, 0.05) is 6.20 Å². The van der Waals surface area contributed by atoms with Crippen LogP contribution in [0.5, 0.6) is 0 Å². The fourth-order valence-electron chi connectivity index (χ4n) is 0.684. The highest BCUT2D eigenvalue weighted by Crippen LogP contribution is 1.99. The van der Waals surface area contributed by atoms with Gasteiger partial charge in [0.1, 0.15) is 0 Å². The molecule has 0 fully saturated rings. The molecule has 4 heteroatoms. The highest BCUT2D eigenvalue weighted by atomic mass is 16.4. The standard InChI is InChI=1S/C7H7NO3/c9-4-5-1-2-8-6(3-5)7(10)11/h1-3,9H,4H2,(H,10,11)/p-1. The van der Waals surface area contributed by atoms with E-state index in [1.54, 1.807) is 0 Å². The number of aliphatic hydroxyl groups is 1. The van der Waals surface area contributed by atoms with Crippen LogP contribution in [-0.2, 0) is 6.61 Å². The van der Waals surface area contributed by atoms with E-state index in [0.717, 1.165) is 0 Å². The largest absolute Gasteiger partial charge is 0.543 e. The number of aromatic carboxylic acids is 1. The lowest BCUT2D eigenvalue weighted by Gasteiger charge is -2.01. The predicted octanol–water partition coefficient (Wildman–Crippen LogP) is -1.06. The lowest BCUT2D eigenvalue weighted by Crippen LogP contribution is -2.23. The Morgan fingerprint density at radius 3 is 3.00 bits per heavy atom. The molecule has 1 aromatic heterocycles. The van der Waals surface area contributed by atoms with Gasteiger partial charge in [-0.25, -0.2) is 0 Å². The van der Waals surface area contributed by atoms with Crippen LogP contribution < -0.4 is 5.11 Å². The number of hydrogen-bond donors (Lipinski definition) is 1. The third kappa shape index (κ3) is 1.75. The summed E-state index contributed by atoms with van der Waals surface area (Å²) in [7, 11) is 0.